The number of benzene rings is 1. The van der Waals surface area contributed by atoms with Gasteiger partial charge in [0.2, 0.25) is 0 Å². The summed E-state index contributed by atoms with van der Waals surface area (Å²) in [5, 5.41) is 11.0. The number of likely N-dealkylation sites (N-methyl/N-ethyl adjacent to an activating group) is 1. The zero-order chi connectivity index (χ0) is 20.4. The van der Waals surface area contributed by atoms with Crippen molar-refractivity contribution in [3.8, 4) is 5.75 Å². The van der Waals surface area contributed by atoms with Gasteiger partial charge in [0.05, 0.1) is 18.2 Å². The molecule has 148 valence electrons. The molecule has 1 aliphatic heterocycles. The normalized spacial score (nSPS) is 18.9. The highest BCUT2D eigenvalue weighted by Crippen LogP contribution is 2.41. The number of carbonyl (C=O) groups excluding carboxylic acids is 2. The highest BCUT2D eigenvalue weighted by atomic mass is 16.5. The largest absolute Gasteiger partial charge is 0.507 e. The molecule has 1 saturated heterocycles. The summed E-state index contributed by atoms with van der Waals surface area (Å²) in [6, 6.07) is 9.52. The van der Waals surface area contributed by atoms with E-state index in [1.165, 1.54) is 12.0 Å². The van der Waals surface area contributed by atoms with Gasteiger partial charge in [0.25, 0.3) is 11.7 Å². The molecule has 0 spiro atoms. The Morgan fingerprint density at radius 1 is 1.21 bits per heavy atom. The summed E-state index contributed by atoms with van der Waals surface area (Å²) in [7, 11) is 5.25. The molecule has 0 bridgehead atoms. The Kier molecular flexibility index (Phi) is 5.56. The van der Waals surface area contributed by atoms with Crippen LogP contribution < -0.4 is 4.74 Å². The van der Waals surface area contributed by atoms with Crippen LogP contribution in [0, 0.1) is 6.92 Å². The molecule has 1 aromatic heterocycles. The highest BCUT2D eigenvalue weighted by molar-refractivity contribution is 6.46. The van der Waals surface area contributed by atoms with E-state index >= 15 is 0 Å². The third-order valence-corrected chi connectivity index (χ3v) is 4.72. The number of rotatable bonds is 6. The third kappa shape index (κ3) is 3.53. The van der Waals surface area contributed by atoms with Crippen LogP contribution >= 0.6 is 0 Å². The number of furan rings is 1. The molecule has 3 rings (SSSR count). The predicted octanol–water partition coefficient (Wildman–Crippen LogP) is 2.58. The number of aliphatic hydroxyl groups is 1. The topological polar surface area (TPSA) is 83.2 Å². The number of aryl methyl sites for hydroxylation is 1. The van der Waals surface area contributed by atoms with Crippen LogP contribution in [0.2, 0.25) is 0 Å². The van der Waals surface area contributed by atoms with Crippen LogP contribution in [0.3, 0.4) is 0 Å². The molecule has 0 radical (unpaired) electrons. The number of aliphatic hydroxyl groups excluding tert-OH is 1. The van der Waals surface area contributed by atoms with Crippen molar-refractivity contribution in [1.82, 2.24) is 9.80 Å². The van der Waals surface area contributed by atoms with Crippen molar-refractivity contribution in [3.63, 3.8) is 0 Å². The number of hydrogen-bond donors (Lipinski definition) is 1. The molecule has 1 N–H and O–H groups in total. The molecule has 0 aliphatic carbocycles. The van der Waals surface area contributed by atoms with E-state index in [1.54, 1.807) is 43.3 Å². The van der Waals surface area contributed by atoms with E-state index in [0.717, 1.165) is 0 Å². The van der Waals surface area contributed by atoms with Gasteiger partial charge in [-0.3, -0.25) is 9.59 Å². The summed E-state index contributed by atoms with van der Waals surface area (Å²) < 4.78 is 11.0. The van der Waals surface area contributed by atoms with Gasteiger partial charge in [-0.25, -0.2) is 0 Å². The number of hydrogen-bond acceptors (Lipinski definition) is 6. The molecule has 0 saturated carbocycles. The number of ether oxygens (including phenoxy) is 1. The second-order valence-corrected chi connectivity index (χ2v) is 6.94. The van der Waals surface area contributed by atoms with Crippen LogP contribution in [0.25, 0.3) is 5.76 Å². The van der Waals surface area contributed by atoms with Crippen LogP contribution in [-0.4, -0.2) is 60.9 Å². The Balaban J connectivity index is 2.16. The molecule has 28 heavy (non-hydrogen) atoms. The Labute approximate surface area is 163 Å². The smallest absolute Gasteiger partial charge is 0.295 e. The fourth-order valence-corrected chi connectivity index (χ4v) is 3.30. The Bertz CT molecular complexity index is 928. The first-order chi connectivity index (χ1) is 13.3. The standard InChI is InChI=1S/C21H24N2O5/c1-13-9-10-16(28-13)18-17(19(24)14-7-5-6-8-15(14)27-4)20(25)21(26)23(18)12-11-22(2)3/h5-10,18,24H,11-12H2,1-4H3/b19-17+. The lowest BCUT2D eigenvalue weighted by Crippen LogP contribution is -2.35. The van der Waals surface area contributed by atoms with Gasteiger partial charge in [0.15, 0.2) is 0 Å². The Morgan fingerprint density at radius 2 is 1.93 bits per heavy atom. The second-order valence-electron chi connectivity index (χ2n) is 6.94. The molecule has 1 atom stereocenters. The van der Waals surface area contributed by atoms with Crippen molar-refractivity contribution in [2.75, 3.05) is 34.3 Å². The lowest BCUT2D eigenvalue weighted by atomic mass is 9.99. The Hall–Kier alpha value is -3.06. The van der Waals surface area contributed by atoms with Gasteiger partial charge in [0.1, 0.15) is 29.1 Å². The fourth-order valence-electron chi connectivity index (χ4n) is 3.30. The van der Waals surface area contributed by atoms with Gasteiger partial charge in [0, 0.05) is 13.1 Å². The quantitative estimate of drug-likeness (QED) is 0.468. The number of likely N-dealkylation sites (tertiary alicyclic amines) is 1. The van der Waals surface area contributed by atoms with E-state index in [-0.39, 0.29) is 11.3 Å². The number of nitrogens with zero attached hydrogens (tertiary/aromatic N) is 2. The number of para-hydroxylation sites is 1. The second kappa shape index (κ2) is 7.90. The minimum Gasteiger partial charge on any atom is -0.507 e. The minimum atomic E-state index is -0.793. The molecule has 7 heteroatoms. The van der Waals surface area contributed by atoms with Gasteiger partial charge < -0.3 is 24.1 Å². The van der Waals surface area contributed by atoms with E-state index in [0.29, 0.717) is 35.9 Å². The number of methoxy groups -OCH3 is 1. The van der Waals surface area contributed by atoms with Gasteiger partial charge in [-0.1, -0.05) is 12.1 Å². The van der Waals surface area contributed by atoms with E-state index in [9.17, 15) is 14.7 Å². The number of Topliss-reactive ketones (excluding diaryl/α,β-unsaturated/α-hetero) is 1. The van der Waals surface area contributed by atoms with Crippen molar-refractivity contribution >= 4 is 17.4 Å². The van der Waals surface area contributed by atoms with Gasteiger partial charge in [-0.15, -0.1) is 0 Å². The maximum absolute atomic E-state index is 12.9. The summed E-state index contributed by atoms with van der Waals surface area (Å²) >= 11 is 0. The molecule has 2 heterocycles. The van der Waals surface area contributed by atoms with Crippen molar-refractivity contribution < 1.29 is 23.8 Å². The summed E-state index contributed by atoms with van der Waals surface area (Å²) in [6.45, 7) is 2.68. The minimum absolute atomic E-state index is 0.00241. The van der Waals surface area contributed by atoms with Gasteiger partial charge in [-0.05, 0) is 45.3 Å². The molecule has 1 amide bonds. The SMILES string of the molecule is COc1ccccc1/C(O)=C1\C(=O)C(=O)N(CCN(C)C)C1c1ccc(C)o1. The first-order valence-corrected chi connectivity index (χ1v) is 8.98. The van der Waals surface area contributed by atoms with Crippen LogP contribution in [0.4, 0.5) is 0 Å². The van der Waals surface area contributed by atoms with Crippen LogP contribution in [0.15, 0.2) is 46.4 Å². The Morgan fingerprint density at radius 3 is 2.54 bits per heavy atom. The first-order valence-electron chi connectivity index (χ1n) is 8.98. The fraction of sp³-hybridized carbons (Fsp3) is 0.333. The molecule has 1 aliphatic rings. The zero-order valence-electron chi connectivity index (χ0n) is 16.4. The first kappa shape index (κ1) is 19.7. The lowest BCUT2D eigenvalue weighted by molar-refractivity contribution is -0.140. The van der Waals surface area contributed by atoms with E-state index in [2.05, 4.69) is 0 Å². The summed E-state index contributed by atoms with van der Waals surface area (Å²) in [6.07, 6.45) is 0. The van der Waals surface area contributed by atoms with Crippen LogP contribution in [-0.2, 0) is 9.59 Å². The average molecular weight is 384 g/mol. The molecular weight excluding hydrogens is 360 g/mol. The van der Waals surface area contributed by atoms with Crippen molar-refractivity contribution in [2.24, 2.45) is 0 Å². The zero-order valence-corrected chi connectivity index (χ0v) is 16.4. The summed E-state index contributed by atoms with van der Waals surface area (Å²) in [5.74, 6) is -0.160. The maximum Gasteiger partial charge on any atom is 0.295 e. The highest BCUT2D eigenvalue weighted by Gasteiger charge is 2.47. The van der Waals surface area contributed by atoms with Crippen molar-refractivity contribution in [1.29, 1.82) is 0 Å². The molecule has 1 fully saturated rings. The van der Waals surface area contributed by atoms with Gasteiger partial charge in [-0.2, -0.15) is 0 Å². The number of ketones is 1. The van der Waals surface area contributed by atoms with Crippen LogP contribution in [0.5, 0.6) is 5.75 Å². The maximum atomic E-state index is 12.9. The van der Waals surface area contributed by atoms with E-state index in [1.807, 2.05) is 19.0 Å². The lowest BCUT2D eigenvalue weighted by Gasteiger charge is -2.24. The molecule has 1 unspecified atom stereocenters. The van der Waals surface area contributed by atoms with Crippen molar-refractivity contribution in [2.45, 2.75) is 13.0 Å². The van der Waals surface area contributed by atoms with E-state index < -0.39 is 17.7 Å². The summed E-state index contributed by atoms with van der Waals surface area (Å²) in [5.41, 5.74) is 0.353. The predicted molar refractivity (Wildman–Crippen MR) is 104 cm³/mol. The van der Waals surface area contributed by atoms with Gasteiger partial charge >= 0.3 is 0 Å². The molecule has 2 aromatic rings. The average Bonchev–Trinajstić information content (AvgIpc) is 3.21. The van der Waals surface area contributed by atoms with E-state index in [4.69, 9.17) is 9.15 Å². The summed E-state index contributed by atoms with van der Waals surface area (Å²) in [4.78, 5) is 29.0. The number of amides is 1. The molecular formula is C21H24N2O5. The van der Waals surface area contributed by atoms with Crippen LogP contribution in [0.1, 0.15) is 23.1 Å². The third-order valence-electron chi connectivity index (χ3n) is 4.72. The molecule has 1 aromatic carbocycles. The molecule has 7 nitrogen and oxygen atoms in total. The van der Waals surface area contributed by atoms with Crippen molar-refractivity contribution in [3.05, 3.63) is 59.1 Å². The number of carbonyl (C=O) groups is 2. The monoisotopic (exact) mass is 384 g/mol.